The van der Waals surface area contributed by atoms with Crippen LogP contribution in [0.5, 0.6) is 11.5 Å². The molecule has 0 saturated heterocycles. The molecule has 2 N–H and O–H groups in total. The molecule has 0 unspecified atom stereocenters. The summed E-state index contributed by atoms with van der Waals surface area (Å²) in [5.74, 6) is 1.36. The first-order valence-corrected chi connectivity index (χ1v) is 9.96. The lowest BCUT2D eigenvalue weighted by Crippen LogP contribution is -2.48. The Kier molecular flexibility index (Phi) is 5.97. The monoisotopic (exact) mass is 422 g/mol. The lowest BCUT2D eigenvalue weighted by atomic mass is 9.89. The van der Waals surface area contributed by atoms with Crippen molar-refractivity contribution in [2.45, 2.75) is 31.5 Å². The highest BCUT2D eigenvalue weighted by molar-refractivity contribution is 5.91. The number of fused-ring (bicyclic) bond motifs is 1. The summed E-state index contributed by atoms with van der Waals surface area (Å²) in [7, 11) is 1.58. The molecule has 1 fully saturated rings. The first-order valence-electron chi connectivity index (χ1n) is 9.96. The number of rotatable bonds is 8. The van der Waals surface area contributed by atoms with Crippen LogP contribution >= 0.6 is 0 Å². The topological polar surface area (TPSA) is 85.4 Å². The highest BCUT2D eigenvalue weighted by atomic mass is 19.1. The van der Waals surface area contributed by atoms with Gasteiger partial charge in [0.2, 0.25) is 5.91 Å². The summed E-state index contributed by atoms with van der Waals surface area (Å²) in [6.45, 7) is 3.95. The van der Waals surface area contributed by atoms with Crippen molar-refractivity contribution in [3.8, 4) is 11.5 Å². The second kappa shape index (κ2) is 8.99. The first kappa shape index (κ1) is 20.6. The van der Waals surface area contributed by atoms with E-state index in [0.717, 1.165) is 10.9 Å². The number of nitrogens with zero attached hydrogens (tertiary/aromatic N) is 2. The number of halogens is 1. The standard InChI is InChI=1S/C23H23FN4O3/c1-3-22(29)28-16-8-17(9-16)31-21-10-18-19(11-20(21)30-2)26-13-27-23(18)25-12-14-4-6-15(24)7-5-14/h3-7,10-11,13,16-17H,1,8-9,12H2,2H3,(H,28,29)(H,25,26,27). The molecular formula is C23H23FN4O3. The van der Waals surface area contributed by atoms with Crippen molar-refractivity contribution in [3.63, 3.8) is 0 Å². The summed E-state index contributed by atoms with van der Waals surface area (Å²) in [6.07, 6.45) is 4.14. The molecule has 0 radical (unpaired) electrons. The summed E-state index contributed by atoms with van der Waals surface area (Å²) >= 11 is 0. The van der Waals surface area contributed by atoms with Crippen LogP contribution in [0.25, 0.3) is 10.9 Å². The second-order valence-corrected chi connectivity index (χ2v) is 7.34. The van der Waals surface area contributed by atoms with E-state index in [9.17, 15) is 9.18 Å². The molecule has 0 bridgehead atoms. The van der Waals surface area contributed by atoms with Crippen molar-refractivity contribution in [2.24, 2.45) is 0 Å². The Morgan fingerprint density at radius 2 is 2.00 bits per heavy atom. The molecule has 0 atom stereocenters. The van der Waals surface area contributed by atoms with E-state index in [0.29, 0.717) is 42.2 Å². The van der Waals surface area contributed by atoms with Crippen molar-refractivity contribution in [3.05, 3.63) is 66.8 Å². The highest BCUT2D eigenvalue weighted by Gasteiger charge is 2.32. The van der Waals surface area contributed by atoms with Crippen molar-refractivity contribution in [1.29, 1.82) is 0 Å². The summed E-state index contributed by atoms with van der Waals surface area (Å²) in [6, 6.07) is 10.0. The fraction of sp³-hybridized carbons (Fsp3) is 0.261. The molecule has 1 amide bonds. The Morgan fingerprint density at radius 1 is 1.23 bits per heavy atom. The van der Waals surface area contributed by atoms with E-state index >= 15 is 0 Å². The molecule has 160 valence electrons. The molecule has 1 heterocycles. The zero-order chi connectivity index (χ0) is 21.8. The van der Waals surface area contributed by atoms with Gasteiger partial charge in [0.25, 0.3) is 0 Å². The third-order valence-electron chi connectivity index (χ3n) is 5.21. The van der Waals surface area contributed by atoms with Crippen LogP contribution in [0.4, 0.5) is 10.2 Å². The molecule has 1 aliphatic rings. The number of carbonyl (C=O) groups is 1. The van der Waals surface area contributed by atoms with Crippen molar-refractivity contribution in [2.75, 3.05) is 12.4 Å². The summed E-state index contributed by atoms with van der Waals surface area (Å²) in [5.41, 5.74) is 1.64. The maximum Gasteiger partial charge on any atom is 0.243 e. The lowest BCUT2D eigenvalue weighted by Gasteiger charge is -2.35. The van der Waals surface area contributed by atoms with Crippen LogP contribution in [0.2, 0.25) is 0 Å². The van der Waals surface area contributed by atoms with E-state index in [-0.39, 0.29) is 23.9 Å². The van der Waals surface area contributed by atoms with E-state index < -0.39 is 0 Å². The van der Waals surface area contributed by atoms with Gasteiger partial charge in [0.05, 0.1) is 12.6 Å². The molecule has 0 aliphatic heterocycles. The minimum Gasteiger partial charge on any atom is -0.493 e. The molecule has 31 heavy (non-hydrogen) atoms. The number of benzene rings is 2. The Labute approximate surface area is 179 Å². The summed E-state index contributed by atoms with van der Waals surface area (Å²) in [4.78, 5) is 20.1. The smallest absolute Gasteiger partial charge is 0.243 e. The number of hydrogen-bond acceptors (Lipinski definition) is 6. The normalized spacial score (nSPS) is 17.5. The molecule has 2 aromatic carbocycles. The van der Waals surface area contributed by atoms with E-state index in [1.54, 1.807) is 19.2 Å². The van der Waals surface area contributed by atoms with Crippen LogP contribution in [0, 0.1) is 5.82 Å². The quantitative estimate of drug-likeness (QED) is 0.540. The van der Waals surface area contributed by atoms with E-state index in [1.165, 1.54) is 24.5 Å². The number of carbonyl (C=O) groups excluding carboxylic acids is 1. The molecular weight excluding hydrogens is 399 g/mol. The Bertz CT molecular complexity index is 1100. The van der Waals surface area contributed by atoms with Gasteiger partial charge in [-0.05, 0) is 29.8 Å². The number of amides is 1. The molecule has 8 heteroatoms. The SMILES string of the molecule is C=CC(=O)NC1CC(Oc2cc3c(NCc4ccc(F)cc4)ncnc3cc2OC)C1. The van der Waals surface area contributed by atoms with Gasteiger partial charge in [-0.3, -0.25) is 4.79 Å². The van der Waals surface area contributed by atoms with E-state index in [4.69, 9.17) is 9.47 Å². The summed E-state index contributed by atoms with van der Waals surface area (Å²) in [5, 5.41) is 6.93. The minimum atomic E-state index is -0.271. The van der Waals surface area contributed by atoms with Gasteiger partial charge >= 0.3 is 0 Å². The molecule has 7 nitrogen and oxygen atoms in total. The average molecular weight is 422 g/mol. The van der Waals surface area contributed by atoms with E-state index in [1.807, 2.05) is 12.1 Å². The number of ether oxygens (including phenoxy) is 2. The van der Waals surface area contributed by atoms with Gasteiger partial charge in [-0.1, -0.05) is 18.7 Å². The average Bonchev–Trinajstić information content (AvgIpc) is 2.76. The zero-order valence-corrected chi connectivity index (χ0v) is 17.1. The van der Waals surface area contributed by atoms with Gasteiger partial charge in [-0.25, -0.2) is 14.4 Å². The molecule has 1 saturated carbocycles. The van der Waals surface area contributed by atoms with Crippen molar-refractivity contribution < 1.29 is 18.7 Å². The predicted octanol–water partition coefficient (Wildman–Crippen LogP) is 3.60. The summed E-state index contributed by atoms with van der Waals surface area (Å²) < 4.78 is 24.7. The van der Waals surface area contributed by atoms with Gasteiger partial charge < -0.3 is 20.1 Å². The highest BCUT2D eigenvalue weighted by Crippen LogP contribution is 2.37. The number of hydrogen-bond donors (Lipinski definition) is 2. The second-order valence-electron chi connectivity index (χ2n) is 7.34. The molecule has 3 aromatic rings. The van der Waals surface area contributed by atoms with Crippen LogP contribution in [-0.2, 0) is 11.3 Å². The van der Waals surface area contributed by atoms with Crippen molar-refractivity contribution >= 4 is 22.6 Å². The third-order valence-corrected chi connectivity index (χ3v) is 5.21. The molecule has 1 aromatic heterocycles. The van der Waals surface area contributed by atoms with Gasteiger partial charge in [0.1, 0.15) is 24.1 Å². The predicted molar refractivity (Wildman–Crippen MR) is 116 cm³/mol. The zero-order valence-electron chi connectivity index (χ0n) is 17.1. The van der Waals surface area contributed by atoms with Crippen LogP contribution in [0.15, 0.2) is 55.4 Å². The maximum absolute atomic E-state index is 13.1. The first-order chi connectivity index (χ1) is 15.1. The van der Waals surface area contributed by atoms with Gasteiger partial charge in [0.15, 0.2) is 11.5 Å². The minimum absolute atomic E-state index is 0.0262. The Hall–Kier alpha value is -3.68. The van der Waals surface area contributed by atoms with Crippen LogP contribution in [0.3, 0.4) is 0 Å². The van der Waals surface area contributed by atoms with Crippen LogP contribution < -0.4 is 20.1 Å². The number of methoxy groups -OCH3 is 1. The van der Waals surface area contributed by atoms with E-state index in [2.05, 4.69) is 27.2 Å². The fourth-order valence-corrected chi connectivity index (χ4v) is 3.46. The molecule has 0 spiro atoms. The fourth-order valence-electron chi connectivity index (χ4n) is 3.46. The molecule has 4 rings (SSSR count). The number of anilines is 1. The Morgan fingerprint density at radius 3 is 2.71 bits per heavy atom. The van der Waals surface area contributed by atoms with Crippen LogP contribution in [-0.4, -0.2) is 35.1 Å². The third kappa shape index (κ3) is 4.74. The van der Waals surface area contributed by atoms with Crippen molar-refractivity contribution in [1.82, 2.24) is 15.3 Å². The lowest BCUT2D eigenvalue weighted by molar-refractivity contribution is -0.118. The molecule has 1 aliphatic carbocycles. The maximum atomic E-state index is 13.1. The van der Waals surface area contributed by atoms with Gasteiger partial charge in [-0.15, -0.1) is 0 Å². The van der Waals surface area contributed by atoms with Gasteiger partial charge in [0, 0.05) is 36.9 Å². The van der Waals surface area contributed by atoms with Crippen LogP contribution in [0.1, 0.15) is 18.4 Å². The number of aromatic nitrogens is 2. The van der Waals surface area contributed by atoms with Gasteiger partial charge in [-0.2, -0.15) is 0 Å². The largest absolute Gasteiger partial charge is 0.493 e. The Balaban J connectivity index is 1.51. The number of nitrogens with one attached hydrogen (secondary N) is 2.